The van der Waals surface area contributed by atoms with Crippen LogP contribution in [0, 0.1) is 5.92 Å². The lowest BCUT2D eigenvalue weighted by molar-refractivity contribution is -0.138. The highest BCUT2D eigenvalue weighted by Crippen LogP contribution is 2.30. The number of halogens is 3. The summed E-state index contributed by atoms with van der Waals surface area (Å²) in [5, 5.41) is 3.74. The number of aryl methyl sites for hydroxylation is 2. The Morgan fingerprint density at radius 1 is 1.20 bits per heavy atom. The van der Waals surface area contributed by atoms with Gasteiger partial charge in [0.05, 0.1) is 5.56 Å². The molecule has 30 heavy (non-hydrogen) atoms. The third-order valence-electron chi connectivity index (χ3n) is 6.60. The van der Waals surface area contributed by atoms with Gasteiger partial charge in [0.15, 0.2) is 0 Å². The molecule has 1 N–H and O–H groups in total. The van der Waals surface area contributed by atoms with E-state index in [0.717, 1.165) is 31.6 Å². The molecule has 1 amide bonds. The van der Waals surface area contributed by atoms with E-state index in [2.05, 4.69) is 17.2 Å². The Morgan fingerprint density at radius 2 is 1.93 bits per heavy atom. The molecule has 1 aliphatic carbocycles. The number of hydrogen-bond acceptors (Lipinski definition) is 3. The van der Waals surface area contributed by atoms with Crippen LogP contribution in [-0.4, -0.2) is 41.0 Å². The molecule has 168 valence electrons. The monoisotopic (exact) mass is 425 g/mol. The molecular formula is C23H34F3N3O. The van der Waals surface area contributed by atoms with E-state index in [1.165, 1.54) is 31.7 Å². The highest BCUT2D eigenvalue weighted by Gasteiger charge is 2.32. The van der Waals surface area contributed by atoms with Gasteiger partial charge in [-0.1, -0.05) is 13.8 Å². The molecule has 1 saturated heterocycles. The maximum atomic E-state index is 12.9. The standard InChI is InChI=1S/C23H34F3N3O/c1-3-17-13-18(23(24,25)26)14-27-21(17)5-4-6-22(30)29-12-11-20(15-29)28-19-9-7-16(2)8-10-19/h13-14,16,19-20,28H,3-12,15H2,1-2H3. The molecule has 7 heteroatoms. The summed E-state index contributed by atoms with van der Waals surface area (Å²) < 4.78 is 38.6. The van der Waals surface area contributed by atoms with Crippen LogP contribution in [0.1, 0.15) is 75.6 Å². The smallest absolute Gasteiger partial charge is 0.341 e. The molecule has 0 aromatic carbocycles. The van der Waals surface area contributed by atoms with E-state index in [9.17, 15) is 18.0 Å². The quantitative estimate of drug-likeness (QED) is 0.685. The summed E-state index contributed by atoms with van der Waals surface area (Å²) in [6.45, 7) is 5.70. The number of rotatable bonds is 7. The molecule has 2 heterocycles. The second kappa shape index (κ2) is 10.1. The van der Waals surface area contributed by atoms with E-state index in [1.54, 1.807) is 0 Å². The third kappa shape index (κ3) is 6.19. The molecule has 1 unspecified atom stereocenters. The van der Waals surface area contributed by atoms with Gasteiger partial charge in [-0.3, -0.25) is 9.78 Å². The zero-order chi connectivity index (χ0) is 21.7. The summed E-state index contributed by atoms with van der Waals surface area (Å²) >= 11 is 0. The van der Waals surface area contributed by atoms with Crippen molar-refractivity contribution in [3.63, 3.8) is 0 Å². The number of likely N-dealkylation sites (tertiary alicyclic amines) is 1. The molecule has 2 aliphatic rings. The number of carbonyl (C=O) groups excluding carboxylic acids is 1. The van der Waals surface area contributed by atoms with Gasteiger partial charge in [0.25, 0.3) is 0 Å². The number of amides is 1. The van der Waals surface area contributed by atoms with Crippen molar-refractivity contribution in [2.75, 3.05) is 13.1 Å². The molecule has 0 bridgehead atoms. The van der Waals surface area contributed by atoms with Crippen LogP contribution in [-0.2, 0) is 23.8 Å². The number of nitrogens with zero attached hydrogens (tertiary/aromatic N) is 2. The van der Waals surface area contributed by atoms with Crippen molar-refractivity contribution < 1.29 is 18.0 Å². The number of aromatic nitrogens is 1. The second-order valence-electron chi connectivity index (χ2n) is 8.98. The molecule has 0 spiro atoms. The largest absolute Gasteiger partial charge is 0.417 e. The van der Waals surface area contributed by atoms with Gasteiger partial charge in [-0.25, -0.2) is 0 Å². The Bertz CT molecular complexity index is 714. The zero-order valence-electron chi connectivity index (χ0n) is 18.1. The van der Waals surface area contributed by atoms with Crippen molar-refractivity contribution >= 4 is 5.91 Å². The normalized spacial score (nSPS) is 25.0. The van der Waals surface area contributed by atoms with Crippen LogP contribution in [0.4, 0.5) is 13.2 Å². The Balaban J connectivity index is 1.43. The number of carbonyl (C=O) groups is 1. The maximum Gasteiger partial charge on any atom is 0.417 e. The Morgan fingerprint density at radius 3 is 2.60 bits per heavy atom. The van der Waals surface area contributed by atoms with Crippen molar-refractivity contribution in [3.05, 3.63) is 29.1 Å². The lowest BCUT2D eigenvalue weighted by Gasteiger charge is -2.29. The Labute approximate surface area is 177 Å². The van der Waals surface area contributed by atoms with Crippen molar-refractivity contribution in [1.29, 1.82) is 0 Å². The van der Waals surface area contributed by atoms with Crippen LogP contribution in [0.25, 0.3) is 0 Å². The minimum atomic E-state index is -4.37. The van der Waals surface area contributed by atoms with E-state index in [0.29, 0.717) is 49.0 Å². The SMILES string of the molecule is CCc1cc(C(F)(F)F)cnc1CCCC(=O)N1CCC(NC2CCC(C)CC2)C1. The predicted molar refractivity (Wildman–Crippen MR) is 111 cm³/mol. The van der Waals surface area contributed by atoms with E-state index in [-0.39, 0.29) is 5.91 Å². The molecule has 4 nitrogen and oxygen atoms in total. The minimum Gasteiger partial charge on any atom is -0.341 e. The zero-order valence-corrected chi connectivity index (χ0v) is 18.1. The molecule has 0 radical (unpaired) electrons. The topological polar surface area (TPSA) is 45.2 Å². The molecule has 1 atom stereocenters. The summed E-state index contributed by atoms with van der Waals surface area (Å²) in [4.78, 5) is 18.6. The third-order valence-corrected chi connectivity index (χ3v) is 6.60. The van der Waals surface area contributed by atoms with Gasteiger partial charge >= 0.3 is 6.18 Å². The molecular weight excluding hydrogens is 391 g/mol. The first kappa shape index (κ1) is 23.0. The average molecular weight is 426 g/mol. The van der Waals surface area contributed by atoms with Crippen LogP contribution >= 0.6 is 0 Å². The van der Waals surface area contributed by atoms with Gasteiger partial charge < -0.3 is 10.2 Å². The fraction of sp³-hybridized carbons (Fsp3) is 0.739. The van der Waals surface area contributed by atoms with Gasteiger partial charge in [0.2, 0.25) is 5.91 Å². The fourth-order valence-corrected chi connectivity index (χ4v) is 4.67. The molecule has 1 aromatic rings. The Kier molecular flexibility index (Phi) is 7.77. The van der Waals surface area contributed by atoms with Crippen LogP contribution in [0.3, 0.4) is 0 Å². The average Bonchev–Trinajstić information content (AvgIpc) is 3.17. The molecule has 1 aliphatic heterocycles. The first-order valence-electron chi connectivity index (χ1n) is 11.3. The van der Waals surface area contributed by atoms with Gasteiger partial charge in [-0.15, -0.1) is 0 Å². The second-order valence-corrected chi connectivity index (χ2v) is 8.98. The fourth-order valence-electron chi connectivity index (χ4n) is 4.67. The van der Waals surface area contributed by atoms with Gasteiger partial charge in [0, 0.05) is 43.5 Å². The number of hydrogen-bond donors (Lipinski definition) is 1. The van der Waals surface area contributed by atoms with Gasteiger partial charge in [0.1, 0.15) is 0 Å². The lowest BCUT2D eigenvalue weighted by atomic mass is 9.87. The first-order chi connectivity index (χ1) is 14.3. The number of pyridine rings is 1. The first-order valence-corrected chi connectivity index (χ1v) is 11.3. The van der Waals surface area contributed by atoms with E-state index < -0.39 is 11.7 Å². The molecule has 2 fully saturated rings. The van der Waals surface area contributed by atoms with Crippen LogP contribution in [0.15, 0.2) is 12.3 Å². The molecule has 1 aromatic heterocycles. The molecule has 3 rings (SSSR count). The minimum absolute atomic E-state index is 0.140. The summed E-state index contributed by atoms with van der Waals surface area (Å²) in [6.07, 6.45) is 4.60. The van der Waals surface area contributed by atoms with Crippen molar-refractivity contribution in [3.8, 4) is 0 Å². The predicted octanol–water partition coefficient (Wildman–Crippen LogP) is 4.75. The van der Waals surface area contributed by atoms with Crippen molar-refractivity contribution in [2.45, 2.75) is 89.9 Å². The molecule has 1 saturated carbocycles. The van der Waals surface area contributed by atoms with E-state index in [4.69, 9.17) is 0 Å². The number of nitrogens with one attached hydrogen (secondary N) is 1. The van der Waals surface area contributed by atoms with E-state index in [1.807, 2.05) is 11.8 Å². The summed E-state index contributed by atoms with van der Waals surface area (Å²) in [5.41, 5.74) is 0.581. The Hall–Kier alpha value is -1.63. The summed E-state index contributed by atoms with van der Waals surface area (Å²) in [7, 11) is 0. The van der Waals surface area contributed by atoms with Crippen LogP contribution in [0.5, 0.6) is 0 Å². The summed E-state index contributed by atoms with van der Waals surface area (Å²) in [5.74, 6) is 0.971. The van der Waals surface area contributed by atoms with Crippen LogP contribution < -0.4 is 5.32 Å². The van der Waals surface area contributed by atoms with Gasteiger partial charge in [-0.2, -0.15) is 13.2 Å². The van der Waals surface area contributed by atoms with Crippen molar-refractivity contribution in [2.24, 2.45) is 5.92 Å². The van der Waals surface area contributed by atoms with E-state index >= 15 is 0 Å². The lowest BCUT2D eigenvalue weighted by Crippen LogP contribution is -2.42. The van der Waals surface area contributed by atoms with Gasteiger partial charge in [-0.05, 0) is 68.9 Å². The van der Waals surface area contributed by atoms with Crippen LogP contribution in [0.2, 0.25) is 0 Å². The maximum absolute atomic E-state index is 12.9. The summed E-state index contributed by atoms with van der Waals surface area (Å²) in [6, 6.07) is 2.16. The number of alkyl halides is 3. The van der Waals surface area contributed by atoms with Crippen molar-refractivity contribution in [1.82, 2.24) is 15.2 Å². The highest BCUT2D eigenvalue weighted by molar-refractivity contribution is 5.76. The highest BCUT2D eigenvalue weighted by atomic mass is 19.4.